The second-order valence-electron chi connectivity index (χ2n) is 8.61. The Morgan fingerprint density at radius 3 is 2.59 bits per heavy atom. The van der Waals surface area contributed by atoms with Gasteiger partial charge in [-0.15, -0.1) is 0 Å². The van der Waals surface area contributed by atoms with Crippen LogP contribution in [-0.4, -0.2) is 74.4 Å². The van der Waals surface area contributed by atoms with E-state index in [1.54, 1.807) is 7.11 Å². The van der Waals surface area contributed by atoms with Crippen LogP contribution in [0.3, 0.4) is 0 Å². The minimum atomic E-state index is -0.644. The SMILES string of the molecule is COCCOc1cc(C)c2c(c1C)[C@H](O)C([C@H](C)C(=O)N1CCN(C)CC1)CC2. The lowest BCUT2D eigenvalue weighted by atomic mass is 9.72. The zero-order valence-electron chi connectivity index (χ0n) is 18.5. The number of nitrogens with zero attached hydrogens (tertiary/aromatic N) is 2. The second-order valence-corrected chi connectivity index (χ2v) is 8.61. The van der Waals surface area contributed by atoms with E-state index in [1.165, 1.54) is 5.56 Å². The summed E-state index contributed by atoms with van der Waals surface area (Å²) < 4.78 is 11.0. The van der Waals surface area contributed by atoms with Crippen LogP contribution >= 0.6 is 0 Å². The van der Waals surface area contributed by atoms with Gasteiger partial charge in [-0.05, 0) is 62.1 Å². The quantitative estimate of drug-likeness (QED) is 0.738. The van der Waals surface area contributed by atoms with Gasteiger partial charge in [0.25, 0.3) is 0 Å². The molecular weight excluding hydrogens is 368 g/mol. The molecule has 3 rings (SSSR count). The fourth-order valence-corrected chi connectivity index (χ4v) is 4.78. The molecule has 1 amide bonds. The van der Waals surface area contributed by atoms with Gasteiger partial charge in [-0.1, -0.05) is 6.92 Å². The zero-order chi connectivity index (χ0) is 21.1. The van der Waals surface area contributed by atoms with Gasteiger partial charge in [0.05, 0.1) is 12.7 Å². The normalized spacial score (nSPS) is 23.6. The number of aryl methyl sites for hydroxylation is 1. The summed E-state index contributed by atoms with van der Waals surface area (Å²) in [5.41, 5.74) is 4.31. The van der Waals surface area contributed by atoms with Crippen molar-refractivity contribution in [3.05, 3.63) is 28.3 Å². The van der Waals surface area contributed by atoms with Gasteiger partial charge in [-0.3, -0.25) is 4.79 Å². The molecule has 3 atom stereocenters. The average molecular weight is 405 g/mol. The Morgan fingerprint density at radius 1 is 1.24 bits per heavy atom. The Kier molecular flexibility index (Phi) is 7.19. The van der Waals surface area contributed by atoms with Gasteiger partial charge in [0, 0.05) is 45.1 Å². The fourth-order valence-electron chi connectivity index (χ4n) is 4.78. The van der Waals surface area contributed by atoms with E-state index in [0.717, 1.165) is 61.5 Å². The number of benzene rings is 1. The van der Waals surface area contributed by atoms with Gasteiger partial charge in [-0.2, -0.15) is 0 Å². The van der Waals surface area contributed by atoms with Crippen LogP contribution in [0.5, 0.6) is 5.75 Å². The third kappa shape index (κ3) is 4.60. The number of ether oxygens (including phenoxy) is 2. The van der Waals surface area contributed by atoms with Crippen molar-refractivity contribution in [2.24, 2.45) is 11.8 Å². The van der Waals surface area contributed by atoms with Crippen molar-refractivity contribution in [1.29, 1.82) is 0 Å². The number of aliphatic hydroxyl groups excluding tert-OH is 1. The second kappa shape index (κ2) is 9.45. The molecule has 1 heterocycles. The highest BCUT2D eigenvalue weighted by atomic mass is 16.5. The molecule has 6 heteroatoms. The molecule has 0 spiro atoms. The molecule has 0 aromatic heterocycles. The van der Waals surface area contributed by atoms with Crippen LogP contribution in [0.4, 0.5) is 0 Å². The molecule has 1 fully saturated rings. The minimum absolute atomic E-state index is 0.0676. The summed E-state index contributed by atoms with van der Waals surface area (Å²) >= 11 is 0. The third-order valence-corrected chi connectivity index (χ3v) is 6.74. The van der Waals surface area contributed by atoms with Gasteiger partial charge in [0.15, 0.2) is 0 Å². The van der Waals surface area contributed by atoms with E-state index in [4.69, 9.17) is 9.47 Å². The molecule has 1 aromatic rings. The molecule has 29 heavy (non-hydrogen) atoms. The Morgan fingerprint density at radius 2 is 1.93 bits per heavy atom. The van der Waals surface area contributed by atoms with E-state index in [0.29, 0.717) is 13.2 Å². The fraction of sp³-hybridized carbons (Fsp3) is 0.696. The number of amides is 1. The van der Waals surface area contributed by atoms with Gasteiger partial charge in [0.2, 0.25) is 5.91 Å². The van der Waals surface area contributed by atoms with E-state index in [2.05, 4.69) is 24.9 Å². The maximum Gasteiger partial charge on any atom is 0.225 e. The van der Waals surface area contributed by atoms with Crippen molar-refractivity contribution in [3.63, 3.8) is 0 Å². The number of likely N-dealkylation sites (N-methyl/N-ethyl adjacent to an activating group) is 1. The highest BCUT2D eigenvalue weighted by molar-refractivity contribution is 5.79. The molecule has 1 aliphatic carbocycles. The zero-order valence-corrected chi connectivity index (χ0v) is 18.5. The van der Waals surface area contributed by atoms with Gasteiger partial charge >= 0.3 is 0 Å². The van der Waals surface area contributed by atoms with Crippen molar-refractivity contribution in [2.75, 3.05) is 53.6 Å². The Hall–Kier alpha value is -1.63. The molecule has 1 aromatic carbocycles. The number of piperazine rings is 1. The Bertz CT molecular complexity index is 728. The largest absolute Gasteiger partial charge is 0.491 e. The standard InChI is InChI=1S/C23H36N2O4/c1-15-14-20(29-13-12-28-5)17(3)21-18(15)6-7-19(22(21)26)16(2)23(27)25-10-8-24(4)9-11-25/h14,16,19,22,26H,6-13H2,1-5H3/t16-,19?,22+/m0/s1. The van der Waals surface area contributed by atoms with Crippen LogP contribution < -0.4 is 4.74 Å². The highest BCUT2D eigenvalue weighted by Crippen LogP contribution is 2.44. The summed E-state index contributed by atoms with van der Waals surface area (Å²) in [6.45, 7) is 10.4. The van der Waals surface area contributed by atoms with Gasteiger partial charge in [-0.25, -0.2) is 0 Å². The molecule has 1 N–H and O–H groups in total. The average Bonchev–Trinajstić information content (AvgIpc) is 2.71. The maximum absolute atomic E-state index is 13.1. The molecule has 6 nitrogen and oxygen atoms in total. The summed E-state index contributed by atoms with van der Waals surface area (Å²) in [5, 5.41) is 11.3. The molecular formula is C23H36N2O4. The monoisotopic (exact) mass is 404 g/mol. The van der Waals surface area contributed by atoms with Crippen molar-refractivity contribution in [2.45, 2.75) is 39.7 Å². The molecule has 162 valence electrons. The lowest BCUT2D eigenvalue weighted by Gasteiger charge is -2.39. The van der Waals surface area contributed by atoms with Crippen molar-refractivity contribution < 1.29 is 19.4 Å². The first kappa shape index (κ1) is 22.1. The topological polar surface area (TPSA) is 62.2 Å². The van der Waals surface area contributed by atoms with Crippen LogP contribution in [-0.2, 0) is 16.0 Å². The van der Waals surface area contributed by atoms with Gasteiger partial charge in [0.1, 0.15) is 12.4 Å². The molecule has 0 bridgehead atoms. The lowest BCUT2D eigenvalue weighted by Crippen LogP contribution is -2.50. The van der Waals surface area contributed by atoms with Crippen LogP contribution in [0.25, 0.3) is 0 Å². The van der Waals surface area contributed by atoms with Gasteiger partial charge < -0.3 is 24.4 Å². The van der Waals surface area contributed by atoms with E-state index >= 15 is 0 Å². The van der Waals surface area contributed by atoms with Crippen LogP contribution in [0.1, 0.15) is 41.7 Å². The molecule has 0 radical (unpaired) electrons. The lowest BCUT2D eigenvalue weighted by molar-refractivity contribution is -0.140. The van der Waals surface area contributed by atoms with Crippen molar-refractivity contribution >= 4 is 5.91 Å². The number of hydrogen-bond acceptors (Lipinski definition) is 5. The first-order valence-electron chi connectivity index (χ1n) is 10.7. The van der Waals surface area contributed by atoms with E-state index < -0.39 is 6.10 Å². The Labute approximate surface area is 174 Å². The summed E-state index contributed by atoms with van der Waals surface area (Å²) in [4.78, 5) is 17.3. The van der Waals surface area contributed by atoms with E-state index in [1.807, 2.05) is 18.7 Å². The third-order valence-electron chi connectivity index (χ3n) is 6.74. The summed E-state index contributed by atoms with van der Waals surface area (Å²) in [6, 6.07) is 2.07. The smallest absolute Gasteiger partial charge is 0.225 e. The number of carbonyl (C=O) groups excluding carboxylic acids is 1. The minimum Gasteiger partial charge on any atom is -0.491 e. The van der Waals surface area contributed by atoms with Crippen LogP contribution in [0.15, 0.2) is 6.07 Å². The Balaban J connectivity index is 1.80. The van der Waals surface area contributed by atoms with Crippen LogP contribution in [0.2, 0.25) is 0 Å². The molecule has 0 saturated carbocycles. The summed E-state index contributed by atoms with van der Waals surface area (Å²) in [6.07, 6.45) is 1.08. The number of hydrogen-bond donors (Lipinski definition) is 1. The van der Waals surface area contributed by atoms with Crippen molar-refractivity contribution in [3.8, 4) is 5.75 Å². The van der Waals surface area contributed by atoms with Crippen molar-refractivity contribution in [1.82, 2.24) is 9.80 Å². The summed E-state index contributed by atoms with van der Waals surface area (Å²) in [7, 11) is 3.74. The number of carbonyl (C=O) groups is 1. The number of rotatable bonds is 6. The molecule has 1 unspecified atom stereocenters. The highest BCUT2D eigenvalue weighted by Gasteiger charge is 2.38. The molecule has 2 aliphatic rings. The number of fused-ring (bicyclic) bond motifs is 1. The first-order valence-corrected chi connectivity index (χ1v) is 10.7. The predicted octanol–water partition coefficient (Wildman–Crippen LogP) is 2.33. The first-order chi connectivity index (χ1) is 13.8. The van der Waals surface area contributed by atoms with E-state index in [9.17, 15) is 9.90 Å². The summed E-state index contributed by atoms with van der Waals surface area (Å²) in [5.74, 6) is 0.713. The number of methoxy groups -OCH3 is 1. The van der Waals surface area contributed by atoms with E-state index in [-0.39, 0.29) is 17.7 Å². The van der Waals surface area contributed by atoms with Crippen LogP contribution in [0, 0.1) is 25.7 Å². The predicted molar refractivity (Wildman–Crippen MR) is 113 cm³/mol. The maximum atomic E-state index is 13.1. The number of aliphatic hydroxyl groups is 1. The molecule has 1 saturated heterocycles. The molecule has 1 aliphatic heterocycles.